The monoisotopic (exact) mass is 356 g/mol. The number of esters is 2. The Morgan fingerprint density at radius 3 is 1.92 bits per heavy atom. The van der Waals surface area contributed by atoms with Crippen molar-refractivity contribution in [1.29, 1.82) is 0 Å². The lowest BCUT2D eigenvalue weighted by Crippen LogP contribution is -2.41. The summed E-state index contributed by atoms with van der Waals surface area (Å²) < 4.78 is 10.9. The lowest BCUT2D eigenvalue weighted by atomic mass is 9.82. The topological polar surface area (TPSA) is 52.6 Å². The predicted octanol–water partition coefficient (Wildman–Crippen LogP) is 5.68. The summed E-state index contributed by atoms with van der Waals surface area (Å²) >= 11 is 0. The standard InChI is InChI=1S/C21H40O4/c1-6-10-11-12-13-14-16-24-19(22)21(8-3,9-4)20(23)25-17-18(5)15-7-2/h18H,6-17H2,1-5H3. The Balaban J connectivity index is 4.42. The van der Waals surface area contributed by atoms with Crippen LogP contribution in [-0.4, -0.2) is 25.2 Å². The van der Waals surface area contributed by atoms with E-state index in [0.29, 0.717) is 32.0 Å². The fourth-order valence-corrected chi connectivity index (χ4v) is 3.03. The average Bonchev–Trinajstić information content (AvgIpc) is 2.61. The van der Waals surface area contributed by atoms with Gasteiger partial charge in [-0.1, -0.05) is 73.1 Å². The molecule has 0 heterocycles. The Labute approximate surface area is 155 Å². The first kappa shape index (κ1) is 23.9. The summed E-state index contributed by atoms with van der Waals surface area (Å²) in [5, 5.41) is 0. The molecule has 1 atom stereocenters. The minimum Gasteiger partial charge on any atom is -0.465 e. The van der Waals surface area contributed by atoms with Crippen LogP contribution in [0.5, 0.6) is 0 Å². The van der Waals surface area contributed by atoms with Crippen LogP contribution >= 0.6 is 0 Å². The second-order valence-corrected chi connectivity index (χ2v) is 7.19. The second kappa shape index (κ2) is 14.1. The molecule has 0 aromatic rings. The molecule has 0 saturated heterocycles. The molecule has 0 N–H and O–H groups in total. The van der Waals surface area contributed by atoms with Crippen molar-refractivity contribution in [2.75, 3.05) is 13.2 Å². The Morgan fingerprint density at radius 1 is 0.800 bits per heavy atom. The van der Waals surface area contributed by atoms with Crippen LogP contribution in [0.3, 0.4) is 0 Å². The number of hydrogen-bond donors (Lipinski definition) is 0. The van der Waals surface area contributed by atoms with E-state index in [9.17, 15) is 9.59 Å². The van der Waals surface area contributed by atoms with Crippen molar-refractivity contribution in [3.05, 3.63) is 0 Å². The molecule has 25 heavy (non-hydrogen) atoms. The van der Waals surface area contributed by atoms with Crippen LogP contribution in [0.1, 0.15) is 98.8 Å². The van der Waals surface area contributed by atoms with Gasteiger partial charge in [-0.25, -0.2) is 0 Å². The molecule has 0 bridgehead atoms. The Kier molecular flexibility index (Phi) is 13.5. The molecule has 0 aromatic carbocycles. The molecule has 0 amide bonds. The molecule has 0 aliphatic carbocycles. The van der Waals surface area contributed by atoms with Crippen LogP contribution in [0.2, 0.25) is 0 Å². The van der Waals surface area contributed by atoms with E-state index in [1.807, 2.05) is 13.8 Å². The SMILES string of the molecule is CCCCCCCCOC(=O)C(CC)(CC)C(=O)OCC(C)CCC. The molecule has 0 rings (SSSR count). The number of carbonyl (C=O) groups is 2. The molecule has 0 aliphatic rings. The number of hydrogen-bond acceptors (Lipinski definition) is 4. The first-order valence-electron chi connectivity index (χ1n) is 10.3. The zero-order valence-corrected chi connectivity index (χ0v) is 17.2. The molecular formula is C21H40O4. The third-order valence-electron chi connectivity index (χ3n) is 5.00. The molecule has 0 radical (unpaired) electrons. The van der Waals surface area contributed by atoms with Gasteiger partial charge in [0.15, 0.2) is 5.41 Å². The highest BCUT2D eigenvalue weighted by molar-refractivity contribution is 5.99. The second-order valence-electron chi connectivity index (χ2n) is 7.19. The third kappa shape index (κ3) is 8.73. The van der Waals surface area contributed by atoms with E-state index in [0.717, 1.165) is 25.7 Å². The summed E-state index contributed by atoms with van der Waals surface area (Å²) in [4.78, 5) is 25.1. The van der Waals surface area contributed by atoms with Crippen molar-refractivity contribution >= 4 is 11.9 Å². The van der Waals surface area contributed by atoms with Gasteiger partial charge >= 0.3 is 11.9 Å². The van der Waals surface area contributed by atoms with Gasteiger partial charge in [-0.3, -0.25) is 9.59 Å². The van der Waals surface area contributed by atoms with E-state index >= 15 is 0 Å². The highest BCUT2D eigenvalue weighted by Crippen LogP contribution is 2.30. The van der Waals surface area contributed by atoms with Crippen LogP contribution in [0, 0.1) is 11.3 Å². The number of carbonyl (C=O) groups excluding carboxylic acids is 2. The van der Waals surface area contributed by atoms with E-state index in [1.54, 1.807) is 0 Å². The van der Waals surface area contributed by atoms with E-state index in [1.165, 1.54) is 25.7 Å². The Morgan fingerprint density at radius 2 is 1.36 bits per heavy atom. The van der Waals surface area contributed by atoms with Gasteiger partial charge in [0.05, 0.1) is 13.2 Å². The van der Waals surface area contributed by atoms with Gasteiger partial charge in [0.25, 0.3) is 0 Å². The van der Waals surface area contributed by atoms with Gasteiger partial charge in [0.2, 0.25) is 0 Å². The van der Waals surface area contributed by atoms with Gasteiger partial charge in [-0.2, -0.15) is 0 Å². The number of ether oxygens (including phenoxy) is 2. The molecule has 0 saturated carbocycles. The first-order valence-corrected chi connectivity index (χ1v) is 10.3. The van der Waals surface area contributed by atoms with E-state index in [-0.39, 0.29) is 0 Å². The van der Waals surface area contributed by atoms with Crippen LogP contribution in [0.4, 0.5) is 0 Å². The van der Waals surface area contributed by atoms with Crippen LogP contribution in [0.25, 0.3) is 0 Å². The summed E-state index contributed by atoms with van der Waals surface area (Å²) in [5.74, 6) is -0.521. The summed E-state index contributed by atoms with van der Waals surface area (Å²) in [7, 11) is 0. The molecule has 0 aliphatic heterocycles. The Bertz CT molecular complexity index is 361. The minimum absolute atomic E-state index is 0.319. The lowest BCUT2D eigenvalue weighted by molar-refractivity contribution is -0.174. The lowest BCUT2D eigenvalue weighted by Gasteiger charge is -2.27. The fourth-order valence-electron chi connectivity index (χ4n) is 3.03. The first-order chi connectivity index (χ1) is 12.0. The van der Waals surface area contributed by atoms with Crippen molar-refractivity contribution in [2.45, 2.75) is 98.8 Å². The van der Waals surface area contributed by atoms with Crippen molar-refractivity contribution < 1.29 is 19.1 Å². The van der Waals surface area contributed by atoms with E-state index < -0.39 is 17.4 Å². The van der Waals surface area contributed by atoms with Crippen LogP contribution in [0.15, 0.2) is 0 Å². The summed E-state index contributed by atoms with van der Waals surface area (Å²) in [5.41, 5.74) is -1.14. The van der Waals surface area contributed by atoms with Crippen molar-refractivity contribution in [1.82, 2.24) is 0 Å². The zero-order valence-electron chi connectivity index (χ0n) is 17.2. The highest BCUT2D eigenvalue weighted by Gasteiger charge is 2.45. The summed E-state index contributed by atoms with van der Waals surface area (Å²) in [6.45, 7) is 10.8. The van der Waals surface area contributed by atoms with E-state index in [4.69, 9.17) is 9.47 Å². The molecule has 1 unspecified atom stereocenters. The molecule has 148 valence electrons. The van der Waals surface area contributed by atoms with Gasteiger partial charge in [0.1, 0.15) is 0 Å². The maximum atomic E-state index is 12.6. The number of unbranched alkanes of at least 4 members (excludes halogenated alkanes) is 5. The van der Waals surface area contributed by atoms with Gasteiger partial charge in [0, 0.05) is 0 Å². The van der Waals surface area contributed by atoms with Crippen molar-refractivity contribution in [3.63, 3.8) is 0 Å². The van der Waals surface area contributed by atoms with Crippen LogP contribution < -0.4 is 0 Å². The summed E-state index contributed by atoms with van der Waals surface area (Å²) in [6, 6.07) is 0. The summed E-state index contributed by atoms with van der Waals surface area (Å²) in [6.07, 6.45) is 9.74. The third-order valence-corrected chi connectivity index (χ3v) is 5.00. The highest BCUT2D eigenvalue weighted by atomic mass is 16.6. The minimum atomic E-state index is -1.14. The maximum Gasteiger partial charge on any atom is 0.323 e. The molecule has 0 spiro atoms. The average molecular weight is 357 g/mol. The largest absolute Gasteiger partial charge is 0.465 e. The molecule has 4 heteroatoms. The molecule has 0 fully saturated rings. The predicted molar refractivity (Wildman–Crippen MR) is 102 cm³/mol. The number of rotatable bonds is 15. The quantitative estimate of drug-likeness (QED) is 0.215. The van der Waals surface area contributed by atoms with E-state index in [2.05, 4.69) is 20.8 Å². The van der Waals surface area contributed by atoms with Gasteiger partial charge < -0.3 is 9.47 Å². The fraction of sp³-hybridized carbons (Fsp3) is 0.905. The molecular weight excluding hydrogens is 316 g/mol. The van der Waals surface area contributed by atoms with Crippen molar-refractivity contribution in [3.8, 4) is 0 Å². The smallest absolute Gasteiger partial charge is 0.323 e. The van der Waals surface area contributed by atoms with Gasteiger partial charge in [-0.15, -0.1) is 0 Å². The van der Waals surface area contributed by atoms with Crippen LogP contribution in [-0.2, 0) is 19.1 Å². The van der Waals surface area contributed by atoms with Gasteiger partial charge in [-0.05, 0) is 31.6 Å². The Hall–Kier alpha value is -1.06. The maximum absolute atomic E-state index is 12.6. The molecule has 0 aromatic heterocycles. The van der Waals surface area contributed by atoms with Crippen molar-refractivity contribution in [2.24, 2.45) is 11.3 Å². The molecule has 4 nitrogen and oxygen atoms in total. The normalized spacial score (nSPS) is 12.7. The zero-order chi connectivity index (χ0) is 19.1.